The number of rotatable bonds is 4. The minimum Gasteiger partial charge on any atom is -0.495 e. The van der Waals surface area contributed by atoms with Gasteiger partial charge in [-0.25, -0.2) is 13.2 Å². The summed E-state index contributed by atoms with van der Waals surface area (Å²) in [4.78, 5) is 11.6. The van der Waals surface area contributed by atoms with Crippen molar-refractivity contribution < 1.29 is 27.4 Å². The van der Waals surface area contributed by atoms with Crippen LogP contribution in [0.3, 0.4) is 0 Å². The van der Waals surface area contributed by atoms with Crippen molar-refractivity contribution >= 4 is 16.0 Å². The standard InChI is InChI=1S/C13H17NO6S/c1-18-10-5-3-4-6-12(10)21(16,17)14-7-8-20-11(9-14)13(15)19-2/h3-6,11H,7-9H2,1-2H3. The number of carbonyl (C=O) groups is 1. The van der Waals surface area contributed by atoms with E-state index in [1.807, 2.05) is 0 Å². The number of esters is 1. The van der Waals surface area contributed by atoms with Gasteiger partial charge in [0.05, 0.1) is 27.4 Å². The first kappa shape index (κ1) is 15.7. The van der Waals surface area contributed by atoms with Crippen LogP contribution in [0.15, 0.2) is 29.2 Å². The zero-order valence-corrected chi connectivity index (χ0v) is 12.6. The summed E-state index contributed by atoms with van der Waals surface area (Å²) in [6.45, 7) is 0.231. The quantitative estimate of drug-likeness (QED) is 0.741. The number of para-hydroxylation sites is 1. The largest absolute Gasteiger partial charge is 0.495 e. The SMILES string of the molecule is COC(=O)C1CN(S(=O)(=O)c2ccccc2OC)CCO1. The van der Waals surface area contributed by atoms with Gasteiger partial charge >= 0.3 is 5.97 Å². The molecule has 0 aromatic heterocycles. The monoisotopic (exact) mass is 315 g/mol. The van der Waals surface area contributed by atoms with E-state index in [0.29, 0.717) is 0 Å². The van der Waals surface area contributed by atoms with Gasteiger partial charge in [-0.1, -0.05) is 12.1 Å². The molecule has 1 aliphatic rings. The minimum atomic E-state index is -3.76. The van der Waals surface area contributed by atoms with Gasteiger partial charge in [0.25, 0.3) is 0 Å². The smallest absolute Gasteiger partial charge is 0.336 e. The minimum absolute atomic E-state index is 0.0676. The Bertz CT molecular complexity index is 615. The van der Waals surface area contributed by atoms with Gasteiger partial charge in [-0.15, -0.1) is 0 Å². The van der Waals surface area contributed by atoms with E-state index in [9.17, 15) is 13.2 Å². The van der Waals surface area contributed by atoms with Gasteiger partial charge in [-0.3, -0.25) is 0 Å². The Kier molecular flexibility index (Phi) is 4.81. The molecule has 1 aromatic rings. The highest BCUT2D eigenvalue weighted by atomic mass is 32.2. The van der Waals surface area contributed by atoms with Crippen LogP contribution in [0, 0.1) is 0 Å². The number of methoxy groups -OCH3 is 2. The summed E-state index contributed by atoms with van der Waals surface area (Å²) in [6.07, 6.45) is -0.909. The molecule has 0 aliphatic carbocycles. The molecule has 1 aliphatic heterocycles. The molecule has 0 amide bonds. The van der Waals surface area contributed by atoms with E-state index >= 15 is 0 Å². The predicted octanol–water partition coefficient (Wildman–Crippen LogP) is 0.258. The van der Waals surface area contributed by atoms with Crippen molar-refractivity contribution in [1.82, 2.24) is 4.31 Å². The Labute approximate surface area is 123 Å². The molecule has 2 rings (SSSR count). The summed E-state index contributed by atoms with van der Waals surface area (Å²) in [7, 11) is -1.12. The fraction of sp³-hybridized carbons (Fsp3) is 0.462. The van der Waals surface area contributed by atoms with Crippen molar-refractivity contribution in [1.29, 1.82) is 0 Å². The number of benzene rings is 1. The number of carbonyl (C=O) groups excluding carboxylic acids is 1. The number of nitrogens with zero attached hydrogens (tertiary/aromatic N) is 1. The van der Waals surface area contributed by atoms with E-state index in [4.69, 9.17) is 9.47 Å². The second-order valence-corrected chi connectivity index (χ2v) is 6.30. The van der Waals surface area contributed by atoms with E-state index in [0.717, 1.165) is 0 Å². The van der Waals surface area contributed by atoms with Gasteiger partial charge in [-0.05, 0) is 12.1 Å². The number of hydrogen-bond acceptors (Lipinski definition) is 6. The van der Waals surface area contributed by atoms with E-state index in [1.165, 1.54) is 24.6 Å². The molecule has 1 fully saturated rings. The van der Waals surface area contributed by atoms with Crippen LogP contribution in [0.2, 0.25) is 0 Å². The van der Waals surface area contributed by atoms with Gasteiger partial charge in [0.2, 0.25) is 10.0 Å². The lowest BCUT2D eigenvalue weighted by Crippen LogP contribution is -2.48. The van der Waals surface area contributed by atoms with E-state index < -0.39 is 22.1 Å². The van der Waals surface area contributed by atoms with Crippen LogP contribution in [-0.2, 0) is 24.3 Å². The highest BCUT2D eigenvalue weighted by Crippen LogP contribution is 2.27. The molecule has 116 valence electrons. The molecule has 0 saturated carbocycles. The van der Waals surface area contributed by atoms with Crippen molar-refractivity contribution in [2.24, 2.45) is 0 Å². The fourth-order valence-electron chi connectivity index (χ4n) is 2.09. The summed E-state index contributed by atoms with van der Waals surface area (Å²) in [5.41, 5.74) is 0. The second kappa shape index (κ2) is 6.42. The summed E-state index contributed by atoms with van der Waals surface area (Å²) in [5, 5.41) is 0. The molecule has 1 heterocycles. The lowest BCUT2D eigenvalue weighted by atomic mass is 10.3. The van der Waals surface area contributed by atoms with E-state index in [2.05, 4.69) is 4.74 Å². The van der Waals surface area contributed by atoms with Crippen LogP contribution in [0.1, 0.15) is 0 Å². The van der Waals surface area contributed by atoms with Crippen molar-refractivity contribution in [3.8, 4) is 5.75 Å². The molecule has 0 N–H and O–H groups in total. The van der Waals surface area contributed by atoms with Crippen molar-refractivity contribution in [3.05, 3.63) is 24.3 Å². The molecule has 0 radical (unpaired) electrons. The molecular formula is C13H17NO6S. The number of sulfonamides is 1. The second-order valence-electron chi connectivity index (χ2n) is 4.40. The molecule has 1 unspecified atom stereocenters. The van der Waals surface area contributed by atoms with Crippen molar-refractivity contribution in [3.63, 3.8) is 0 Å². The first-order valence-corrected chi connectivity index (χ1v) is 7.77. The Balaban J connectivity index is 2.29. The number of ether oxygens (including phenoxy) is 3. The third kappa shape index (κ3) is 3.17. The molecule has 1 saturated heterocycles. The maximum atomic E-state index is 12.7. The van der Waals surface area contributed by atoms with Crippen LogP contribution < -0.4 is 4.74 Å². The molecule has 1 aromatic carbocycles. The fourth-order valence-corrected chi connectivity index (χ4v) is 3.67. The van der Waals surface area contributed by atoms with Crippen LogP contribution in [0.5, 0.6) is 5.75 Å². The average molecular weight is 315 g/mol. The third-order valence-electron chi connectivity index (χ3n) is 3.18. The Hall–Kier alpha value is -1.64. The number of hydrogen-bond donors (Lipinski definition) is 0. The molecule has 7 nitrogen and oxygen atoms in total. The first-order valence-electron chi connectivity index (χ1n) is 6.33. The highest BCUT2D eigenvalue weighted by molar-refractivity contribution is 7.89. The predicted molar refractivity (Wildman–Crippen MR) is 73.5 cm³/mol. The molecule has 21 heavy (non-hydrogen) atoms. The molecule has 0 bridgehead atoms. The zero-order chi connectivity index (χ0) is 15.5. The number of morpholine rings is 1. The lowest BCUT2D eigenvalue weighted by molar-refractivity contribution is -0.157. The average Bonchev–Trinajstić information content (AvgIpc) is 2.54. The van der Waals surface area contributed by atoms with Crippen LogP contribution in [-0.4, -0.2) is 58.7 Å². The summed E-state index contributed by atoms with van der Waals surface area (Å²) in [5.74, 6) is -0.325. The van der Waals surface area contributed by atoms with Gasteiger partial charge < -0.3 is 14.2 Å². The highest BCUT2D eigenvalue weighted by Gasteiger charge is 2.35. The lowest BCUT2D eigenvalue weighted by Gasteiger charge is -2.30. The summed E-state index contributed by atoms with van der Waals surface area (Å²) >= 11 is 0. The topological polar surface area (TPSA) is 82.1 Å². The van der Waals surface area contributed by atoms with E-state index in [-0.39, 0.29) is 30.3 Å². The van der Waals surface area contributed by atoms with E-state index in [1.54, 1.807) is 18.2 Å². The van der Waals surface area contributed by atoms with Crippen molar-refractivity contribution in [2.75, 3.05) is 33.9 Å². The molecule has 0 spiro atoms. The summed E-state index contributed by atoms with van der Waals surface area (Å²) < 4.78 is 41.4. The molecular weight excluding hydrogens is 298 g/mol. The van der Waals surface area contributed by atoms with Gasteiger partial charge in [0.15, 0.2) is 6.10 Å². The first-order chi connectivity index (χ1) is 10.0. The van der Waals surface area contributed by atoms with Crippen LogP contribution >= 0.6 is 0 Å². The Morgan fingerprint density at radius 3 is 2.71 bits per heavy atom. The Morgan fingerprint density at radius 1 is 1.33 bits per heavy atom. The van der Waals surface area contributed by atoms with Crippen LogP contribution in [0.4, 0.5) is 0 Å². The van der Waals surface area contributed by atoms with Gasteiger partial charge in [0.1, 0.15) is 10.6 Å². The summed E-state index contributed by atoms with van der Waals surface area (Å²) in [6, 6.07) is 6.35. The molecule has 8 heteroatoms. The molecule has 1 atom stereocenters. The maximum absolute atomic E-state index is 12.7. The normalized spacial score (nSPS) is 20.0. The zero-order valence-electron chi connectivity index (χ0n) is 11.8. The van der Waals surface area contributed by atoms with Gasteiger partial charge in [0, 0.05) is 6.54 Å². The Morgan fingerprint density at radius 2 is 2.05 bits per heavy atom. The third-order valence-corrected chi connectivity index (χ3v) is 5.08. The van der Waals surface area contributed by atoms with Crippen molar-refractivity contribution in [2.45, 2.75) is 11.0 Å². The van der Waals surface area contributed by atoms with Crippen LogP contribution in [0.25, 0.3) is 0 Å². The maximum Gasteiger partial charge on any atom is 0.336 e. The van der Waals surface area contributed by atoms with Gasteiger partial charge in [-0.2, -0.15) is 4.31 Å².